The highest BCUT2D eigenvalue weighted by Gasteiger charge is 2.43. The summed E-state index contributed by atoms with van der Waals surface area (Å²) in [6.45, 7) is 13.4. The summed E-state index contributed by atoms with van der Waals surface area (Å²) in [5.41, 5.74) is 0. The maximum atomic E-state index is 6.40. The molecule has 0 radical (unpaired) electrons. The van der Waals surface area contributed by atoms with Gasteiger partial charge < -0.3 is 18.9 Å². The van der Waals surface area contributed by atoms with Gasteiger partial charge >= 0.3 is 5.97 Å². The Balaban J connectivity index is 4.78. The van der Waals surface area contributed by atoms with E-state index in [1.54, 1.807) is 0 Å². The molecule has 0 rings (SSSR count). The topological polar surface area (TPSA) is 36.9 Å². The van der Waals surface area contributed by atoms with Crippen molar-refractivity contribution in [3.8, 4) is 0 Å². The fraction of sp³-hybridized carbons (Fsp3) is 1.00. The minimum atomic E-state index is -1.07. The molecule has 0 aliphatic carbocycles. The predicted octanol–water partition coefficient (Wildman–Crippen LogP) is 8.81. The molecule has 194 valence electrons. The van der Waals surface area contributed by atoms with Crippen molar-refractivity contribution in [1.82, 2.24) is 0 Å². The molecule has 0 aromatic rings. The van der Waals surface area contributed by atoms with E-state index in [4.69, 9.17) is 18.9 Å². The smallest absolute Gasteiger partial charge is 0.310 e. The van der Waals surface area contributed by atoms with Crippen molar-refractivity contribution >= 4 is 0 Å². The summed E-state index contributed by atoms with van der Waals surface area (Å²) in [6, 6.07) is 0. The van der Waals surface area contributed by atoms with Crippen molar-refractivity contribution in [3.05, 3.63) is 0 Å². The molecule has 0 saturated carbocycles. The second-order valence-electron chi connectivity index (χ2n) is 9.12. The number of unbranched alkanes of at least 4 members (excludes halogenated alkanes) is 12. The SMILES string of the molecule is CCCCCCCCCCOC(OCC)(OCCC)C(CCCCCCCC)OCCC. The van der Waals surface area contributed by atoms with Crippen molar-refractivity contribution in [2.45, 2.75) is 156 Å². The molecule has 0 aromatic carbocycles. The first-order valence-corrected chi connectivity index (χ1v) is 14.2. The van der Waals surface area contributed by atoms with Crippen molar-refractivity contribution in [2.75, 3.05) is 26.4 Å². The van der Waals surface area contributed by atoms with Gasteiger partial charge in [0.2, 0.25) is 0 Å². The van der Waals surface area contributed by atoms with Crippen LogP contribution in [0.25, 0.3) is 0 Å². The monoisotopic (exact) mass is 458 g/mol. The quantitative estimate of drug-likeness (QED) is 0.0958. The summed E-state index contributed by atoms with van der Waals surface area (Å²) in [6.07, 6.45) is 20.6. The second kappa shape index (κ2) is 24.0. The summed E-state index contributed by atoms with van der Waals surface area (Å²) in [5.74, 6) is -1.07. The fourth-order valence-electron chi connectivity index (χ4n) is 4.03. The number of rotatable bonds is 26. The lowest BCUT2D eigenvalue weighted by Crippen LogP contribution is -2.52. The Morgan fingerprint density at radius 1 is 0.469 bits per heavy atom. The van der Waals surface area contributed by atoms with E-state index < -0.39 is 5.97 Å². The van der Waals surface area contributed by atoms with E-state index in [1.807, 2.05) is 6.92 Å². The predicted molar refractivity (Wildman–Crippen MR) is 137 cm³/mol. The molecule has 0 saturated heterocycles. The number of ether oxygens (including phenoxy) is 4. The maximum Gasteiger partial charge on any atom is 0.310 e. The summed E-state index contributed by atoms with van der Waals surface area (Å²) in [5, 5.41) is 0. The molecule has 32 heavy (non-hydrogen) atoms. The molecular formula is C28H58O4. The zero-order valence-electron chi connectivity index (χ0n) is 22.6. The lowest BCUT2D eigenvalue weighted by Gasteiger charge is -2.39. The molecule has 0 aliphatic rings. The molecule has 0 bridgehead atoms. The second-order valence-corrected chi connectivity index (χ2v) is 9.12. The van der Waals surface area contributed by atoms with Crippen molar-refractivity contribution < 1.29 is 18.9 Å². The van der Waals surface area contributed by atoms with Crippen LogP contribution in [0.2, 0.25) is 0 Å². The highest BCUT2D eigenvalue weighted by molar-refractivity contribution is 4.74. The van der Waals surface area contributed by atoms with Crippen LogP contribution in [0.4, 0.5) is 0 Å². The molecule has 2 unspecified atom stereocenters. The molecule has 0 heterocycles. The Labute approximate surface area is 201 Å². The van der Waals surface area contributed by atoms with Gasteiger partial charge in [0.1, 0.15) is 6.10 Å². The van der Waals surface area contributed by atoms with Gasteiger partial charge in [0, 0.05) is 13.2 Å². The van der Waals surface area contributed by atoms with Crippen LogP contribution in [0.1, 0.15) is 144 Å². The van der Waals surface area contributed by atoms with Gasteiger partial charge in [-0.1, -0.05) is 111 Å². The highest BCUT2D eigenvalue weighted by Crippen LogP contribution is 2.29. The molecule has 0 amide bonds. The van der Waals surface area contributed by atoms with Gasteiger partial charge in [-0.15, -0.1) is 0 Å². The van der Waals surface area contributed by atoms with Gasteiger partial charge in [-0.2, -0.15) is 0 Å². The van der Waals surface area contributed by atoms with Gasteiger partial charge in [-0.3, -0.25) is 0 Å². The van der Waals surface area contributed by atoms with E-state index in [0.29, 0.717) is 26.4 Å². The minimum Gasteiger partial charge on any atom is -0.370 e. The number of hydrogen-bond donors (Lipinski definition) is 0. The van der Waals surface area contributed by atoms with Crippen molar-refractivity contribution in [2.24, 2.45) is 0 Å². The summed E-state index contributed by atoms with van der Waals surface area (Å²) in [4.78, 5) is 0. The lowest BCUT2D eigenvalue weighted by atomic mass is 10.1. The molecule has 4 nitrogen and oxygen atoms in total. The van der Waals surface area contributed by atoms with Crippen LogP contribution in [0.5, 0.6) is 0 Å². The van der Waals surface area contributed by atoms with Gasteiger partial charge in [0.15, 0.2) is 0 Å². The average Bonchev–Trinajstić information content (AvgIpc) is 2.80. The normalized spacial score (nSPS) is 14.5. The Bertz CT molecular complexity index is 363. The summed E-state index contributed by atoms with van der Waals surface area (Å²) < 4.78 is 25.2. The molecule has 0 aromatic heterocycles. The van der Waals surface area contributed by atoms with Gasteiger partial charge in [-0.25, -0.2) is 0 Å². The fourth-order valence-corrected chi connectivity index (χ4v) is 4.03. The Hall–Kier alpha value is -0.160. The zero-order valence-corrected chi connectivity index (χ0v) is 22.6. The lowest BCUT2D eigenvalue weighted by molar-refractivity contribution is -0.417. The van der Waals surface area contributed by atoms with E-state index in [0.717, 1.165) is 32.1 Å². The molecule has 4 heteroatoms. The van der Waals surface area contributed by atoms with Crippen LogP contribution in [0.3, 0.4) is 0 Å². The Morgan fingerprint density at radius 2 is 0.969 bits per heavy atom. The third-order valence-corrected chi connectivity index (χ3v) is 5.89. The van der Waals surface area contributed by atoms with Crippen molar-refractivity contribution in [1.29, 1.82) is 0 Å². The van der Waals surface area contributed by atoms with Crippen LogP contribution in [-0.2, 0) is 18.9 Å². The third kappa shape index (κ3) is 16.5. The summed E-state index contributed by atoms with van der Waals surface area (Å²) in [7, 11) is 0. The van der Waals surface area contributed by atoms with Crippen LogP contribution in [0.15, 0.2) is 0 Å². The van der Waals surface area contributed by atoms with E-state index in [-0.39, 0.29) is 6.10 Å². The first-order chi connectivity index (χ1) is 15.7. The van der Waals surface area contributed by atoms with E-state index >= 15 is 0 Å². The standard InChI is InChI=1S/C28H58O4/c1-6-11-13-15-17-18-20-22-26-32-28(30-10-5,31-25-9-4)27(29-24-8-3)23-21-19-16-14-12-7-2/h27H,6-26H2,1-5H3. The summed E-state index contributed by atoms with van der Waals surface area (Å²) >= 11 is 0. The van der Waals surface area contributed by atoms with E-state index in [1.165, 1.54) is 77.0 Å². The largest absolute Gasteiger partial charge is 0.370 e. The zero-order chi connectivity index (χ0) is 23.8. The molecule has 0 spiro atoms. The molecule has 0 N–H and O–H groups in total. The molecule has 0 aliphatic heterocycles. The minimum absolute atomic E-state index is 0.172. The van der Waals surface area contributed by atoms with Gasteiger partial charge in [0.05, 0.1) is 13.2 Å². The Kier molecular flexibility index (Phi) is 23.9. The molecule has 0 fully saturated rings. The molecule has 2 atom stereocenters. The third-order valence-electron chi connectivity index (χ3n) is 5.89. The van der Waals surface area contributed by atoms with E-state index in [9.17, 15) is 0 Å². The average molecular weight is 459 g/mol. The van der Waals surface area contributed by atoms with Gasteiger partial charge in [0.25, 0.3) is 0 Å². The van der Waals surface area contributed by atoms with Crippen LogP contribution in [-0.4, -0.2) is 38.5 Å². The first-order valence-electron chi connectivity index (χ1n) is 14.2. The van der Waals surface area contributed by atoms with Crippen LogP contribution in [0, 0.1) is 0 Å². The van der Waals surface area contributed by atoms with E-state index in [2.05, 4.69) is 27.7 Å². The van der Waals surface area contributed by atoms with Crippen LogP contribution >= 0.6 is 0 Å². The molecular weight excluding hydrogens is 400 g/mol. The maximum absolute atomic E-state index is 6.40. The van der Waals surface area contributed by atoms with Crippen molar-refractivity contribution in [3.63, 3.8) is 0 Å². The highest BCUT2D eigenvalue weighted by atomic mass is 16.9. The van der Waals surface area contributed by atoms with Gasteiger partial charge in [-0.05, 0) is 32.6 Å². The first kappa shape index (κ1) is 31.8. The number of hydrogen-bond acceptors (Lipinski definition) is 4. The Morgan fingerprint density at radius 3 is 1.50 bits per heavy atom. The van der Waals surface area contributed by atoms with Crippen LogP contribution < -0.4 is 0 Å².